The van der Waals surface area contributed by atoms with Gasteiger partial charge in [0.1, 0.15) is 0 Å². The lowest BCUT2D eigenvalue weighted by atomic mass is 9.86. The molecule has 1 fully saturated rings. The normalized spacial score (nSPS) is 20.4. The predicted octanol–water partition coefficient (Wildman–Crippen LogP) is 2.87. The monoisotopic (exact) mass is 365 g/mol. The second kappa shape index (κ2) is 9.31. The van der Waals surface area contributed by atoms with Gasteiger partial charge < -0.3 is 24.6 Å². The van der Waals surface area contributed by atoms with Gasteiger partial charge in [-0.3, -0.25) is 9.59 Å². The second-order valence-corrected chi connectivity index (χ2v) is 6.43. The fourth-order valence-corrected chi connectivity index (χ4v) is 3.42. The summed E-state index contributed by atoms with van der Waals surface area (Å²) in [6.45, 7) is 0. The Morgan fingerprint density at radius 2 is 1.54 bits per heavy atom. The third kappa shape index (κ3) is 4.59. The summed E-state index contributed by atoms with van der Waals surface area (Å²) in [4.78, 5) is 24.4. The summed E-state index contributed by atoms with van der Waals surface area (Å²) < 4.78 is 15.8. The van der Waals surface area contributed by atoms with E-state index in [0.717, 1.165) is 25.7 Å². The quantitative estimate of drug-likeness (QED) is 0.805. The number of amides is 1. The largest absolute Gasteiger partial charge is 0.493 e. The van der Waals surface area contributed by atoms with Gasteiger partial charge in [-0.1, -0.05) is 25.7 Å². The highest BCUT2D eigenvalue weighted by atomic mass is 16.5. The van der Waals surface area contributed by atoms with E-state index in [1.807, 2.05) is 0 Å². The summed E-state index contributed by atoms with van der Waals surface area (Å²) in [6, 6.07) is 2.74. The minimum absolute atomic E-state index is 0.339. The zero-order chi connectivity index (χ0) is 19.1. The summed E-state index contributed by atoms with van der Waals surface area (Å²) in [7, 11) is 4.45. The van der Waals surface area contributed by atoms with Crippen LogP contribution in [-0.4, -0.2) is 44.4 Å². The summed E-state index contributed by atoms with van der Waals surface area (Å²) in [5.74, 6) is -0.612. The van der Waals surface area contributed by atoms with Crippen LogP contribution in [0.1, 0.15) is 48.9 Å². The highest BCUT2D eigenvalue weighted by Gasteiger charge is 2.30. The number of nitrogens with one attached hydrogen (secondary N) is 1. The number of carbonyl (C=O) groups is 2. The minimum atomic E-state index is -0.859. The molecule has 1 saturated carbocycles. The highest BCUT2D eigenvalue weighted by molar-refractivity contribution is 5.96. The third-order valence-electron chi connectivity index (χ3n) is 4.83. The van der Waals surface area contributed by atoms with E-state index in [1.54, 1.807) is 12.1 Å². The second-order valence-electron chi connectivity index (χ2n) is 6.43. The number of carbonyl (C=O) groups excluding carboxylic acids is 1. The number of carboxylic acid groups (broad SMARTS) is 1. The van der Waals surface area contributed by atoms with Crippen LogP contribution in [0.4, 0.5) is 0 Å². The van der Waals surface area contributed by atoms with Crippen LogP contribution in [0.5, 0.6) is 17.2 Å². The number of rotatable bonds is 6. The van der Waals surface area contributed by atoms with E-state index in [1.165, 1.54) is 21.3 Å². The molecule has 1 aliphatic carbocycles. The van der Waals surface area contributed by atoms with Crippen LogP contribution < -0.4 is 19.5 Å². The molecule has 2 unspecified atom stereocenters. The third-order valence-corrected chi connectivity index (χ3v) is 4.83. The average molecular weight is 365 g/mol. The van der Waals surface area contributed by atoms with E-state index in [4.69, 9.17) is 14.2 Å². The van der Waals surface area contributed by atoms with E-state index in [0.29, 0.717) is 35.7 Å². The van der Waals surface area contributed by atoms with Gasteiger partial charge in [-0.2, -0.15) is 0 Å². The number of methoxy groups -OCH3 is 3. The maximum atomic E-state index is 12.8. The van der Waals surface area contributed by atoms with E-state index < -0.39 is 11.9 Å². The standard InChI is InChI=1S/C19H27NO6/c1-24-15-10-12(11-16(25-2)17(15)26-3)18(21)20-14-9-7-5-4-6-8-13(14)19(22)23/h10-11,13-14H,4-9H2,1-3H3,(H,20,21)(H,22,23). The van der Waals surface area contributed by atoms with Crippen molar-refractivity contribution in [2.45, 2.75) is 44.6 Å². The molecule has 2 rings (SSSR count). The number of benzene rings is 1. The molecule has 1 aromatic rings. The van der Waals surface area contributed by atoms with Gasteiger partial charge in [-0.15, -0.1) is 0 Å². The Bertz CT molecular complexity index is 620. The van der Waals surface area contributed by atoms with E-state index in [9.17, 15) is 14.7 Å². The van der Waals surface area contributed by atoms with Crippen molar-refractivity contribution >= 4 is 11.9 Å². The van der Waals surface area contributed by atoms with Gasteiger partial charge in [0.15, 0.2) is 11.5 Å². The van der Waals surface area contributed by atoms with Gasteiger partial charge in [0.05, 0.1) is 27.2 Å². The Morgan fingerprint density at radius 3 is 2.04 bits per heavy atom. The lowest BCUT2D eigenvalue weighted by molar-refractivity contribution is -0.143. The molecule has 1 amide bonds. The highest BCUT2D eigenvalue weighted by Crippen LogP contribution is 2.38. The van der Waals surface area contributed by atoms with Crippen LogP contribution in [0.25, 0.3) is 0 Å². The fourth-order valence-electron chi connectivity index (χ4n) is 3.42. The summed E-state index contributed by atoms with van der Waals surface area (Å²) in [6.07, 6.45) is 5.11. The Hall–Kier alpha value is -2.44. The molecule has 0 spiro atoms. The molecule has 0 aromatic heterocycles. The van der Waals surface area contributed by atoms with Gasteiger partial charge in [-0.25, -0.2) is 0 Å². The van der Waals surface area contributed by atoms with Crippen LogP contribution in [0.3, 0.4) is 0 Å². The lowest BCUT2D eigenvalue weighted by Gasteiger charge is -2.27. The summed E-state index contributed by atoms with van der Waals surface area (Å²) in [5, 5.41) is 12.4. The molecule has 1 aliphatic rings. The molecule has 1 aromatic carbocycles. The Balaban J connectivity index is 2.25. The SMILES string of the molecule is COc1cc(C(=O)NC2CCCCCCC2C(=O)O)cc(OC)c1OC. The van der Waals surface area contributed by atoms with Gasteiger partial charge in [0.25, 0.3) is 5.91 Å². The van der Waals surface area contributed by atoms with Gasteiger partial charge in [0, 0.05) is 11.6 Å². The van der Waals surface area contributed by atoms with Crippen molar-refractivity contribution in [3.05, 3.63) is 17.7 Å². The van der Waals surface area contributed by atoms with E-state index >= 15 is 0 Å². The van der Waals surface area contributed by atoms with E-state index in [2.05, 4.69) is 5.32 Å². The molecule has 0 saturated heterocycles. The molecule has 144 valence electrons. The van der Waals surface area contributed by atoms with Crippen LogP contribution in [0.15, 0.2) is 12.1 Å². The molecule has 7 heteroatoms. The van der Waals surface area contributed by atoms with Gasteiger partial charge >= 0.3 is 5.97 Å². The smallest absolute Gasteiger partial charge is 0.308 e. The molecule has 0 aliphatic heterocycles. The zero-order valence-electron chi connectivity index (χ0n) is 15.5. The first kappa shape index (κ1) is 19.9. The first-order valence-electron chi connectivity index (χ1n) is 8.85. The molecule has 0 bridgehead atoms. The van der Waals surface area contributed by atoms with Crippen LogP contribution in [-0.2, 0) is 4.79 Å². The van der Waals surface area contributed by atoms with Crippen molar-refractivity contribution in [1.82, 2.24) is 5.32 Å². The van der Waals surface area contributed by atoms with E-state index in [-0.39, 0.29) is 11.9 Å². The Morgan fingerprint density at radius 1 is 0.962 bits per heavy atom. The molecule has 2 N–H and O–H groups in total. The van der Waals surface area contributed by atoms with Crippen molar-refractivity contribution in [3.8, 4) is 17.2 Å². The molecule has 26 heavy (non-hydrogen) atoms. The lowest BCUT2D eigenvalue weighted by Crippen LogP contribution is -2.43. The molecular formula is C19H27NO6. The van der Waals surface area contributed by atoms with Crippen molar-refractivity contribution in [3.63, 3.8) is 0 Å². The maximum Gasteiger partial charge on any atom is 0.308 e. The molecule has 0 radical (unpaired) electrons. The number of carboxylic acids is 1. The summed E-state index contributed by atoms with van der Waals surface area (Å²) in [5.41, 5.74) is 0.339. The minimum Gasteiger partial charge on any atom is -0.493 e. The average Bonchev–Trinajstić information content (AvgIpc) is 2.62. The first-order valence-corrected chi connectivity index (χ1v) is 8.85. The number of ether oxygens (including phenoxy) is 3. The number of aliphatic carboxylic acids is 1. The molecule has 2 atom stereocenters. The molecule has 7 nitrogen and oxygen atoms in total. The number of hydrogen-bond donors (Lipinski definition) is 2. The predicted molar refractivity (Wildman–Crippen MR) is 96.2 cm³/mol. The van der Waals surface area contributed by atoms with Crippen molar-refractivity contribution in [1.29, 1.82) is 0 Å². The maximum absolute atomic E-state index is 12.8. The zero-order valence-corrected chi connectivity index (χ0v) is 15.5. The van der Waals surface area contributed by atoms with Crippen molar-refractivity contribution in [2.75, 3.05) is 21.3 Å². The topological polar surface area (TPSA) is 94.1 Å². The van der Waals surface area contributed by atoms with Gasteiger partial charge in [0.2, 0.25) is 5.75 Å². The Labute approximate surface area is 153 Å². The van der Waals surface area contributed by atoms with Gasteiger partial charge in [-0.05, 0) is 25.0 Å². The summed E-state index contributed by atoms with van der Waals surface area (Å²) >= 11 is 0. The Kier molecular flexibility index (Phi) is 7.12. The molecular weight excluding hydrogens is 338 g/mol. The van der Waals surface area contributed by atoms with Crippen LogP contribution in [0, 0.1) is 5.92 Å². The van der Waals surface area contributed by atoms with Crippen LogP contribution >= 0.6 is 0 Å². The van der Waals surface area contributed by atoms with Crippen molar-refractivity contribution < 1.29 is 28.9 Å². The molecule has 0 heterocycles. The number of hydrogen-bond acceptors (Lipinski definition) is 5. The first-order chi connectivity index (χ1) is 12.5. The van der Waals surface area contributed by atoms with Crippen LogP contribution in [0.2, 0.25) is 0 Å². The van der Waals surface area contributed by atoms with Crippen molar-refractivity contribution in [2.24, 2.45) is 5.92 Å². The fraction of sp³-hybridized carbons (Fsp3) is 0.579.